The molecule has 1 unspecified atom stereocenters. The molecule has 6 rings (SSSR count). The summed E-state index contributed by atoms with van der Waals surface area (Å²) in [5.74, 6) is -4.91. The number of halogens is 2. The van der Waals surface area contributed by atoms with E-state index in [0.717, 1.165) is 30.8 Å². The quantitative estimate of drug-likeness (QED) is 0.394. The predicted molar refractivity (Wildman–Crippen MR) is 139 cm³/mol. The number of amides is 4. The van der Waals surface area contributed by atoms with Crippen LogP contribution in [0, 0.1) is 0 Å². The lowest BCUT2D eigenvalue weighted by Crippen LogP contribution is -2.54. The Bertz CT molecular complexity index is 1210. The zero-order chi connectivity index (χ0) is 28.7. The van der Waals surface area contributed by atoms with Gasteiger partial charge in [-0.1, -0.05) is 0 Å². The van der Waals surface area contributed by atoms with Crippen molar-refractivity contribution in [3.05, 3.63) is 29.3 Å². The molecule has 0 spiro atoms. The number of imide groups is 2. The molecule has 1 aliphatic carbocycles. The van der Waals surface area contributed by atoms with Crippen molar-refractivity contribution in [1.29, 1.82) is 0 Å². The number of carbonyl (C=O) groups is 4. The highest BCUT2D eigenvalue weighted by molar-refractivity contribution is 6.23. The Balaban J connectivity index is 0.934. The minimum absolute atomic E-state index is 0.0434. The monoisotopic (exact) mass is 576 g/mol. The van der Waals surface area contributed by atoms with Gasteiger partial charge in [0.05, 0.1) is 36.0 Å². The number of alkyl halides is 2. The van der Waals surface area contributed by atoms with Crippen LogP contribution in [0.15, 0.2) is 18.2 Å². The van der Waals surface area contributed by atoms with Gasteiger partial charge < -0.3 is 19.5 Å². The van der Waals surface area contributed by atoms with E-state index < -0.39 is 42.2 Å². The number of hydrogen-bond donors (Lipinski definition) is 2. The summed E-state index contributed by atoms with van der Waals surface area (Å²) < 4.78 is 46.6. The molecule has 2 N–H and O–H groups in total. The van der Waals surface area contributed by atoms with Gasteiger partial charge in [0.1, 0.15) is 24.5 Å². The molecular formula is C28H34F2N4O7. The molecule has 41 heavy (non-hydrogen) atoms. The summed E-state index contributed by atoms with van der Waals surface area (Å²) >= 11 is 0. The highest BCUT2D eigenvalue weighted by Gasteiger charge is 2.45. The zero-order valence-corrected chi connectivity index (χ0v) is 22.6. The van der Waals surface area contributed by atoms with Gasteiger partial charge in [0.2, 0.25) is 11.8 Å². The summed E-state index contributed by atoms with van der Waals surface area (Å²) in [5.41, 5.74) is 0.288. The van der Waals surface area contributed by atoms with Crippen LogP contribution in [-0.4, -0.2) is 109 Å². The van der Waals surface area contributed by atoms with Gasteiger partial charge in [0.25, 0.3) is 17.7 Å². The molecule has 5 aliphatic rings. The van der Waals surface area contributed by atoms with E-state index in [1.165, 1.54) is 12.1 Å². The Morgan fingerprint density at radius 3 is 2.32 bits per heavy atom. The number of ether oxygens (including phenoxy) is 3. The second-order valence-electron chi connectivity index (χ2n) is 11.5. The lowest BCUT2D eigenvalue weighted by molar-refractivity contribution is -0.147. The van der Waals surface area contributed by atoms with E-state index in [4.69, 9.17) is 14.2 Å². The van der Waals surface area contributed by atoms with Crippen LogP contribution < -0.4 is 15.4 Å². The van der Waals surface area contributed by atoms with E-state index in [9.17, 15) is 28.0 Å². The van der Waals surface area contributed by atoms with Crippen LogP contribution in [0.2, 0.25) is 0 Å². The Morgan fingerprint density at radius 1 is 0.902 bits per heavy atom. The average Bonchev–Trinajstić information content (AvgIpc) is 3.13. The summed E-state index contributed by atoms with van der Waals surface area (Å²) in [4.78, 5) is 52.2. The van der Waals surface area contributed by atoms with E-state index in [1.54, 1.807) is 11.0 Å². The maximum absolute atomic E-state index is 14.6. The first kappa shape index (κ1) is 28.1. The Kier molecular flexibility index (Phi) is 7.79. The fourth-order valence-corrected chi connectivity index (χ4v) is 5.91. The smallest absolute Gasteiger partial charge is 0.283 e. The number of nitrogens with one attached hydrogen (secondary N) is 2. The van der Waals surface area contributed by atoms with Crippen LogP contribution in [0.25, 0.3) is 0 Å². The van der Waals surface area contributed by atoms with Crippen molar-refractivity contribution in [3.8, 4) is 5.75 Å². The zero-order valence-electron chi connectivity index (χ0n) is 22.6. The molecule has 4 heterocycles. The third kappa shape index (κ3) is 6.13. The van der Waals surface area contributed by atoms with Gasteiger partial charge >= 0.3 is 0 Å². The van der Waals surface area contributed by atoms with Crippen molar-refractivity contribution >= 4 is 23.6 Å². The Morgan fingerprint density at radius 2 is 1.63 bits per heavy atom. The fourth-order valence-electron chi connectivity index (χ4n) is 5.91. The second kappa shape index (κ2) is 11.3. The molecule has 0 aromatic heterocycles. The van der Waals surface area contributed by atoms with Crippen molar-refractivity contribution in [3.63, 3.8) is 0 Å². The third-order valence-corrected chi connectivity index (χ3v) is 8.41. The highest BCUT2D eigenvalue weighted by Crippen LogP contribution is 2.34. The molecule has 13 heteroatoms. The van der Waals surface area contributed by atoms with E-state index >= 15 is 0 Å². The lowest BCUT2D eigenvalue weighted by Gasteiger charge is -2.38. The van der Waals surface area contributed by atoms with Gasteiger partial charge in [-0.25, -0.2) is 8.78 Å². The van der Waals surface area contributed by atoms with Crippen LogP contribution in [-0.2, 0) is 19.1 Å². The van der Waals surface area contributed by atoms with Crippen molar-refractivity contribution in [2.24, 2.45) is 0 Å². The normalized spacial score (nSPS) is 27.9. The Hall–Kier alpha value is -3.00. The predicted octanol–water partition coefficient (Wildman–Crippen LogP) is 1.10. The van der Waals surface area contributed by atoms with Crippen molar-refractivity contribution in [2.75, 3.05) is 39.3 Å². The van der Waals surface area contributed by atoms with Crippen LogP contribution >= 0.6 is 0 Å². The number of piperidine rings is 2. The number of benzene rings is 1. The molecule has 11 nitrogen and oxygen atoms in total. The van der Waals surface area contributed by atoms with Gasteiger partial charge in [-0.15, -0.1) is 0 Å². The van der Waals surface area contributed by atoms with Gasteiger partial charge in [-0.05, 0) is 37.5 Å². The molecule has 0 radical (unpaired) electrons. The van der Waals surface area contributed by atoms with Crippen molar-refractivity contribution in [1.82, 2.24) is 20.4 Å². The topological polar surface area (TPSA) is 127 Å². The molecule has 1 aromatic carbocycles. The fraction of sp³-hybridized carbons (Fsp3) is 0.643. The number of fused-ring (bicyclic) bond motifs is 1. The van der Waals surface area contributed by atoms with Crippen molar-refractivity contribution < 1.29 is 42.2 Å². The van der Waals surface area contributed by atoms with Gasteiger partial charge in [0.15, 0.2) is 0 Å². The van der Waals surface area contributed by atoms with Crippen LogP contribution in [0.5, 0.6) is 5.75 Å². The maximum Gasteiger partial charge on any atom is 0.283 e. The highest BCUT2D eigenvalue weighted by atomic mass is 19.3. The molecule has 4 amide bonds. The van der Waals surface area contributed by atoms with Crippen molar-refractivity contribution in [2.45, 2.75) is 74.9 Å². The molecule has 0 bridgehead atoms. The first-order chi connectivity index (χ1) is 19.6. The first-order valence-corrected chi connectivity index (χ1v) is 14.3. The summed E-state index contributed by atoms with van der Waals surface area (Å²) in [7, 11) is 0. The molecule has 4 fully saturated rings. The van der Waals surface area contributed by atoms with E-state index in [0.29, 0.717) is 31.7 Å². The molecule has 1 aromatic rings. The van der Waals surface area contributed by atoms with Crippen LogP contribution in [0.4, 0.5) is 8.78 Å². The summed E-state index contributed by atoms with van der Waals surface area (Å²) in [6, 6.07) is 3.46. The van der Waals surface area contributed by atoms with Crippen LogP contribution in [0.1, 0.15) is 59.2 Å². The number of likely N-dealkylation sites (tertiary alicyclic amines) is 1. The minimum Gasteiger partial charge on any atom is -0.490 e. The standard InChI is InChI=1S/C28H34F2N4O7/c29-28(30,14-33-7-5-16(6-8-33)40-20-12-31-13-20)15-39-18-9-19(10-18)41-17-1-2-21-22(11-17)27(38)34(26(21)37)23-3-4-24(35)32-25(23)36/h1-2,11,16,18-20,23,31H,3-10,12-15H2,(H,32,35,36). The minimum atomic E-state index is -2.96. The summed E-state index contributed by atoms with van der Waals surface area (Å²) in [6.07, 6.45) is 2.28. The molecule has 3 saturated heterocycles. The molecule has 1 saturated carbocycles. The van der Waals surface area contributed by atoms with Gasteiger partial charge in [-0.3, -0.25) is 34.3 Å². The maximum atomic E-state index is 14.6. The van der Waals surface area contributed by atoms with Gasteiger partial charge in [-0.2, -0.15) is 0 Å². The molecule has 4 aliphatic heterocycles. The molecule has 1 atom stereocenters. The third-order valence-electron chi connectivity index (χ3n) is 8.41. The summed E-state index contributed by atoms with van der Waals surface area (Å²) in [5, 5.41) is 5.33. The number of rotatable bonds is 10. The summed E-state index contributed by atoms with van der Waals surface area (Å²) in [6.45, 7) is 1.90. The number of carbonyl (C=O) groups excluding carboxylic acids is 4. The average molecular weight is 577 g/mol. The molecule has 222 valence electrons. The SMILES string of the molecule is O=C1CCC(N2C(=O)c3ccc(OC4CC(OCC(F)(F)CN5CCC(OC6CNC6)CC5)C4)cc3C2=O)C(=O)N1. The van der Waals surface area contributed by atoms with E-state index in [2.05, 4.69) is 10.6 Å². The van der Waals surface area contributed by atoms with E-state index in [-0.39, 0.29) is 54.9 Å². The number of hydrogen-bond acceptors (Lipinski definition) is 9. The largest absolute Gasteiger partial charge is 0.490 e. The lowest BCUT2D eigenvalue weighted by atomic mass is 9.92. The first-order valence-electron chi connectivity index (χ1n) is 14.3. The molecular weight excluding hydrogens is 542 g/mol. The second-order valence-corrected chi connectivity index (χ2v) is 11.5. The Labute approximate surface area is 235 Å². The van der Waals surface area contributed by atoms with Gasteiger partial charge in [0, 0.05) is 45.4 Å². The van der Waals surface area contributed by atoms with Crippen LogP contribution in [0.3, 0.4) is 0 Å². The number of nitrogens with zero attached hydrogens (tertiary/aromatic N) is 2. The van der Waals surface area contributed by atoms with E-state index in [1.807, 2.05) is 0 Å².